The van der Waals surface area contributed by atoms with Gasteiger partial charge in [0.05, 0.1) is 5.41 Å². The zero-order valence-corrected chi connectivity index (χ0v) is 29.1. The van der Waals surface area contributed by atoms with Crippen LogP contribution in [-0.2, 0) is 10.8 Å². The van der Waals surface area contributed by atoms with Crippen LogP contribution in [0.3, 0.4) is 0 Å². The molecule has 0 atom stereocenters. The zero-order chi connectivity index (χ0) is 34.6. The Morgan fingerprint density at radius 2 is 0.942 bits per heavy atom. The first-order chi connectivity index (χ1) is 25.5. The van der Waals surface area contributed by atoms with Gasteiger partial charge in [0.15, 0.2) is 0 Å². The van der Waals surface area contributed by atoms with Crippen LogP contribution in [0.5, 0.6) is 11.5 Å². The van der Waals surface area contributed by atoms with Gasteiger partial charge in [-0.25, -0.2) is 0 Å². The van der Waals surface area contributed by atoms with Gasteiger partial charge >= 0.3 is 0 Å². The lowest BCUT2D eigenvalue weighted by Gasteiger charge is -2.40. The molecule has 0 fully saturated rings. The molecule has 52 heavy (non-hydrogen) atoms. The molecule has 1 heterocycles. The molecular formula is C50H35NO. The van der Waals surface area contributed by atoms with Gasteiger partial charge in [-0.3, -0.25) is 0 Å². The van der Waals surface area contributed by atoms with E-state index in [9.17, 15) is 0 Å². The lowest BCUT2D eigenvalue weighted by Crippen LogP contribution is -2.32. The van der Waals surface area contributed by atoms with Gasteiger partial charge in [-0.05, 0) is 104 Å². The van der Waals surface area contributed by atoms with E-state index in [-0.39, 0.29) is 5.41 Å². The fourth-order valence-electron chi connectivity index (χ4n) is 9.66. The average Bonchev–Trinajstić information content (AvgIpc) is 3.61. The van der Waals surface area contributed by atoms with Crippen LogP contribution in [0.15, 0.2) is 176 Å². The van der Waals surface area contributed by atoms with Gasteiger partial charge in [0.1, 0.15) is 11.5 Å². The third-order valence-corrected chi connectivity index (χ3v) is 11.9. The Kier molecular flexibility index (Phi) is 5.97. The minimum absolute atomic E-state index is 0.107. The van der Waals surface area contributed by atoms with Gasteiger partial charge in [0.2, 0.25) is 0 Å². The predicted molar refractivity (Wildman–Crippen MR) is 214 cm³/mol. The average molecular weight is 666 g/mol. The van der Waals surface area contributed by atoms with Crippen molar-refractivity contribution in [2.45, 2.75) is 24.7 Å². The van der Waals surface area contributed by atoms with Crippen molar-refractivity contribution in [3.05, 3.63) is 209 Å². The van der Waals surface area contributed by atoms with E-state index < -0.39 is 5.41 Å². The topological polar surface area (TPSA) is 12.5 Å². The van der Waals surface area contributed by atoms with E-state index in [1.165, 1.54) is 66.4 Å². The number of hydrogen-bond donors (Lipinski definition) is 0. The molecule has 0 radical (unpaired) electrons. The molecule has 246 valence electrons. The summed E-state index contributed by atoms with van der Waals surface area (Å²) in [4.78, 5) is 2.44. The van der Waals surface area contributed by atoms with E-state index in [1.54, 1.807) is 0 Å². The number of anilines is 3. The molecule has 11 rings (SSSR count). The molecule has 2 aliphatic carbocycles. The highest BCUT2D eigenvalue weighted by molar-refractivity contribution is 6.02. The highest BCUT2D eigenvalue weighted by Crippen LogP contribution is 2.64. The number of para-hydroxylation sites is 3. The summed E-state index contributed by atoms with van der Waals surface area (Å²) >= 11 is 0. The third kappa shape index (κ3) is 3.79. The second kappa shape index (κ2) is 10.6. The maximum Gasteiger partial charge on any atom is 0.132 e. The fraction of sp³-hybridized carbons (Fsp3) is 0.0800. The SMILES string of the molecule is CC1(C)c2ccccc2-c2ccc(N(c3ccccc3)c3ccc4c(c3)C3(c5ccccc5Oc5ccccc53)c3c-4ccc4ccccc34)cc21. The summed E-state index contributed by atoms with van der Waals surface area (Å²) in [7, 11) is 0. The molecule has 3 aliphatic rings. The Bertz CT molecular complexity index is 2710. The van der Waals surface area contributed by atoms with Crippen molar-refractivity contribution in [2.75, 3.05) is 4.90 Å². The number of nitrogens with zero attached hydrogens (tertiary/aromatic N) is 1. The smallest absolute Gasteiger partial charge is 0.132 e. The number of rotatable bonds is 3. The summed E-state index contributed by atoms with van der Waals surface area (Å²) in [6.07, 6.45) is 0. The van der Waals surface area contributed by atoms with E-state index in [1.807, 2.05) is 0 Å². The number of hydrogen-bond acceptors (Lipinski definition) is 2. The van der Waals surface area contributed by atoms with Crippen molar-refractivity contribution in [3.63, 3.8) is 0 Å². The molecule has 2 nitrogen and oxygen atoms in total. The van der Waals surface area contributed by atoms with Crippen LogP contribution in [0.4, 0.5) is 17.1 Å². The Hall–Kier alpha value is -6.38. The van der Waals surface area contributed by atoms with Crippen molar-refractivity contribution in [3.8, 4) is 33.8 Å². The molecule has 0 saturated carbocycles. The summed E-state index contributed by atoms with van der Waals surface area (Å²) in [5, 5.41) is 2.51. The Morgan fingerprint density at radius 3 is 1.67 bits per heavy atom. The van der Waals surface area contributed by atoms with Crippen molar-refractivity contribution in [1.82, 2.24) is 0 Å². The van der Waals surface area contributed by atoms with E-state index in [0.29, 0.717) is 0 Å². The first kappa shape index (κ1) is 29.4. The summed E-state index contributed by atoms with van der Waals surface area (Å²) in [6, 6.07) is 64.6. The van der Waals surface area contributed by atoms with Crippen LogP contribution in [0.25, 0.3) is 33.0 Å². The van der Waals surface area contributed by atoms with Crippen molar-refractivity contribution in [1.29, 1.82) is 0 Å². The van der Waals surface area contributed by atoms with Crippen LogP contribution in [0.1, 0.15) is 47.2 Å². The molecule has 0 saturated heterocycles. The lowest BCUT2D eigenvalue weighted by molar-refractivity contribution is 0.437. The van der Waals surface area contributed by atoms with Gasteiger partial charge in [-0.1, -0.05) is 141 Å². The van der Waals surface area contributed by atoms with E-state index in [4.69, 9.17) is 4.74 Å². The summed E-state index contributed by atoms with van der Waals surface area (Å²) in [5.74, 6) is 1.80. The molecule has 8 aromatic carbocycles. The van der Waals surface area contributed by atoms with Gasteiger partial charge < -0.3 is 9.64 Å². The monoisotopic (exact) mass is 665 g/mol. The van der Waals surface area contributed by atoms with Gasteiger partial charge in [0.25, 0.3) is 0 Å². The maximum atomic E-state index is 6.70. The van der Waals surface area contributed by atoms with E-state index in [2.05, 4.69) is 195 Å². The van der Waals surface area contributed by atoms with Crippen molar-refractivity contribution in [2.24, 2.45) is 0 Å². The van der Waals surface area contributed by atoms with Crippen molar-refractivity contribution >= 4 is 27.8 Å². The molecule has 0 unspecified atom stereocenters. The van der Waals surface area contributed by atoms with Crippen LogP contribution in [-0.4, -0.2) is 0 Å². The first-order valence-electron chi connectivity index (χ1n) is 18.2. The molecule has 0 amide bonds. The molecule has 2 heteroatoms. The Balaban J connectivity index is 1.21. The zero-order valence-electron chi connectivity index (χ0n) is 29.1. The normalized spacial score (nSPS) is 14.8. The highest BCUT2D eigenvalue weighted by Gasteiger charge is 2.52. The second-order valence-electron chi connectivity index (χ2n) is 14.9. The third-order valence-electron chi connectivity index (χ3n) is 11.9. The predicted octanol–water partition coefficient (Wildman–Crippen LogP) is 13.1. The summed E-state index contributed by atoms with van der Waals surface area (Å²) in [5.41, 5.74) is 15.6. The van der Waals surface area contributed by atoms with Gasteiger partial charge in [-0.15, -0.1) is 0 Å². The van der Waals surface area contributed by atoms with Gasteiger partial charge in [-0.2, -0.15) is 0 Å². The van der Waals surface area contributed by atoms with Crippen LogP contribution in [0.2, 0.25) is 0 Å². The Morgan fingerprint density at radius 1 is 0.404 bits per heavy atom. The van der Waals surface area contributed by atoms with Gasteiger partial charge in [0, 0.05) is 33.6 Å². The molecular weight excluding hydrogens is 631 g/mol. The molecule has 0 aromatic heterocycles. The van der Waals surface area contributed by atoms with Crippen LogP contribution in [0, 0.1) is 0 Å². The highest BCUT2D eigenvalue weighted by atomic mass is 16.5. The lowest BCUT2D eigenvalue weighted by atomic mass is 9.65. The molecule has 0 bridgehead atoms. The van der Waals surface area contributed by atoms with Crippen molar-refractivity contribution < 1.29 is 4.74 Å². The quantitative estimate of drug-likeness (QED) is 0.186. The number of ether oxygens (including phenoxy) is 1. The fourth-order valence-corrected chi connectivity index (χ4v) is 9.66. The van der Waals surface area contributed by atoms with E-state index in [0.717, 1.165) is 28.6 Å². The number of fused-ring (bicyclic) bond motifs is 14. The minimum Gasteiger partial charge on any atom is -0.457 e. The number of benzene rings is 8. The standard InChI is InChI=1S/C50H35NO/c1-49(2)41-19-9-8-18-37(41)38-28-25-34(30-44(38)49)51(33-15-4-3-5-16-33)35-26-29-39-40-27-24-32-14-6-7-17-36(32)48(40)50(45(39)31-35)42-20-10-12-22-46(42)52-47-23-13-11-21-43(47)50/h3-31H,1-2H3. The maximum absolute atomic E-state index is 6.70. The Labute approximate surface area is 304 Å². The van der Waals surface area contributed by atoms with E-state index >= 15 is 0 Å². The minimum atomic E-state index is -0.586. The first-order valence-corrected chi connectivity index (χ1v) is 18.2. The summed E-state index contributed by atoms with van der Waals surface area (Å²) in [6.45, 7) is 4.71. The largest absolute Gasteiger partial charge is 0.457 e. The molecule has 8 aromatic rings. The second-order valence-corrected chi connectivity index (χ2v) is 14.9. The van der Waals surface area contributed by atoms with Crippen LogP contribution >= 0.6 is 0 Å². The van der Waals surface area contributed by atoms with Crippen LogP contribution < -0.4 is 9.64 Å². The molecule has 1 spiro atoms. The molecule has 0 N–H and O–H groups in total. The summed E-state index contributed by atoms with van der Waals surface area (Å²) < 4.78 is 6.70. The molecule has 1 aliphatic heterocycles.